The van der Waals surface area contributed by atoms with E-state index in [0.29, 0.717) is 19.4 Å². The Balaban J connectivity index is 2.05. The fraction of sp³-hybridized carbons (Fsp3) is 0.500. The number of rotatable bonds is 5. The lowest BCUT2D eigenvalue weighted by Gasteiger charge is -2.28. The molecule has 0 aromatic carbocycles. The second-order valence-electron chi connectivity index (χ2n) is 4.84. The lowest BCUT2D eigenvalue weighted by molar-refractivity contribution is -0.148. The third kappa shape index (κ3) is 2.91. The van der Waals surface area contributed by atoms with Crippen molar-refractivity contribution < 1.29 is 23.9 Å². The van der Waals surface area contributed by atoms with Crippen LogP contribution in [0.1, 0.15) is 12.8 Å². The Kier molecular flexibility index (Phi) is 4.62. The van der Waals surface area contributed by atoms with Gasteiger partial charge in [-0.25, -0.2) is 19.3 Å². The quantitative estimate of drug-likeness (QED) is 0.564. The Morgan fingerprint density at radius 2 is 1.86 bits per heavy atom. The van der Waals surface area contributed by atoms with Crippen molar-refractivity contribution in [3.8, 4) is 0 Å². The lowest BCUT2D eigenvalue weighted by Crippen LogP contribution is -2.46. The van der Waals surface area contributed by atoms with Crippen LogP contribution >= 0.6 is 0 Å². The number of urea groups is 1. The van der Waals surface area contributed by atoms with Crippen LogP contribution in [0.3, 0.4) is 0 Å². The van der Waals surface area contributed by atoms with Crippen molar-refractivity contribution in [2.45, 2.75) is 24.9 Å². The molecule has 2 rings (SSSR count). The molecule has 0 aromatic heterocycles. The Morgan fingerprint density at radius 1 is 1.19 bits per heavy atom. The zero-order chi connectivity index (χ0) is 15.4. The van der Waals surface area contributed by atoms with E-state index in [9.17, 15) is 14.4 Å². The van der Waals surface area contributed by atoms with Gasteiger partial charge in [0.15, 0.2) is 0 Å². The minimum atomic E-state index is -0.701. The van der Waals surface area contributed by atoms with Crippen molar-refractivity contribution in [3.05, 3.63) is 25.3 Å². The van der Waals surface area contributed by atoms with Crippen LogP contribution in [0.4, 0.5) is 9.59 Å². The average Bonchev–Trinajstić information content (AvgIpc) is 2.74. The molecule has 3 amide bonds. The maximum Gasteiger partial charge on any atom is 0.418 e. The van der Waals surface area contributed by atoms with Gasteiger partial charge in [-0.2, -0.15) is 0 Å². The van der Waals surface area contributed by atoms with Crippen molar-refractivity contribution in [2.75, 3.05) is 19.8 Å². The fourth-order valence-electron chi connectivity index (χ4n) is 2.58. The molecule has 0 radical (unpaired) electrons. The van der Waals surface area contributed by atoms with Gasteiger partial charge < -0.3 is 14.4 Å². The highest BCUT2D eigenvalue weighted by atomic mass is 16.6. The van der Waals surface area contributed by atoms with E-state index < -0.39 is 24.1 Å². The number of amides is 3. The van der Waals surface area contributed by atoms with Crippen LogP contribution in [0.2, 0.25) is 0 Å². The van der Waals surface area contributed by atoms with Crippen LogP contribution < -0.4 is 0 Å². The van der Waals surface area contributed by atoms with Gasteiger partial charge >= 0.3 is 18.1 Å². The first-order chi connectivity index (χ1) is 10.1. The summed E-state index contributed by atoms with van der Waals surface area (Å²) in [6.45, 7) is 7.39. The highest BCUT2D eigenvalue weighted by molar-refractivity contribution is 5.96. The van der Waals surface area contributed by atoms with E-state index in [2.05, 4.69) is 13.2 Å². The number of piperidine rings is 1. The summed E-state index contributed by atoms with van der Waals surface area (Å²) >= 11 is 0. The van der Waals surface area contributed by atoms with Gasteiger partial charge in [-0.1, -0.05) is 25.3 Å². The number of nitrogens with zero attached hydrogens (tertiary/aromatic N) is 2. The van der Waals surface area contributed by atoms with E-state index in [-0.39, 0.29) is 19.3 Å². The molecular formula is C14H18N2O5. The van der Waals surface area contributed by atoms with Gasteiger partial charge in [-0.15, -0.1) is 0 Å². The summed E-state index contributed by atoms with van der Waals surface area (Å²) in [6.07, 6.45) is 3.22. The molecule has 7 heteroatoms. The largest absolute Gasteiger partial charge is 0.460 e. The zero-order valence-corrected chi connectivity index (χ0v) is 11.7. The summed E-state index contributed by atoms with van der Waals surface area (Å²) in [5.74, 6) is -0.469. The van der Waals surface area contributed by atoms with Gasteiger partial charge in [0.1, 0.15) is 19.3 Å². The van der Waals surface area contributed by atoms with Gasteiger partial charge in [-0.05, 0) is 12.8 Å². The van der Waals surface area contributed by atoms with E-state index in [1.807, 2.05) is 0 Å². The molecule has 21 heavy (non-hydrogen) atoms. The maximum absolute atomic E-state index is 12.3. The molecule has 2 unspecified atom stereocenters. The first kappa shape index (κ1) is 15.1. The molecule has 114 valence electrons. The molecule has 0 aliphatic carbocycles. The maximum atomic E-state index is 12.3. The topological polar surface area (TPSA) is 76.2 Å². The fourth-order valence-corrected chi connectivity index (χ4v) is 2.58. The number of carbonyl (C=O) groups is 3. The number of carbonyl (C=O) groups excluding carboxylic acids is 3. The molecule has 2 heterocycles. The molecule has 2 saturated heterocycles. The number of esters is 1. The molecule has 2 aliphatic rings. The molecule has 0 N–H and O–H groups in total. The Morgan fingerprint density at radius 3 is 2.52 bits per heavy atom. The van der Waals surface area contributed by atoms with E-state index in [1.165, 1.54) is 17.1 Å². The van der Waals surface area contributed by atoms with Crippen LogP contribution in [0.15, 0.2) is 25.3 Å². The van der Waals surface area contributed by atoms with Crippen molar-refractivity contribution in [3.63, 3.8) is 0 Å². The lowest BCUT2D eigenvalue weighted by atomic mass is 10.0. The standard InChI is InChI=1S/C14H18N2O5/c1-3-7-20-12(17)11-6-5-10-9-15(11)13(18)16(10)14(19)21-8-4-2/h3-4,10-11H,1-2,5-9H2. The van der Waals surface area contributed by atoms with Gasteiger partial charge in [0.2, 0.25) is 0 Å². The minimum Gasteiger partial charge on any atom is -0.460 e. The Labute approximate surface area is 122 Å². The predicted molar refractivity (Wildman–Crippen MR) is 73.5 cm³/mol. The average molecular weight is 294 g/mol. The monoisotopic (exact) mass is 294 g/mol. The molecule has 2 atom stereocenters. The summed E-state index contributed by atoms with van der Waals surface area (Å²) in [7, 11) is 0. The molecular weight excluding hydrogens is 276 g/mol. The van der Waals surface area contributed by atoms with E-state index >= 15 is 0 Å². The van der Waals surface area contributed by atoms with Crippen LogP contribution in [0.25, 0.3) is 0 Å². The van der Waals surface area contributed by atoms with Crippen molar-refractivity contribution in [2.24, 2.45) is 0 Å². The van der Waals surface area contributed by atoms with Crippen molar-refractivity contribution in [1.82, 2.24) is 9.80 Å². The van der Waals surface area contributed by atoms with Crippen LogP contribution in [-0.2, 0) is 14.3 Å². The number of hydrogen-bond donors (Lipinski definition) is 0. The van der Waals surface area contributed by atoms with Crippen molar-refractivity contribution >= 4 is 18.1 Å². The normalized spacial score (nSPS) is 23.7. The van der Waals surface area contributed by atoms with Crippen molar-refractivity contribution in [1.29, 1.82) is 0 Å². The van der Waals surface area contributed by atoms with Crippen LogP contribution in [0, 0.1) is 0 Å². The summed E-state index contributed by atoms with van der Waals surface area (Å²) in [5, 5.41) is 0. The number of fused-ring (bicyclic) bond motifs is 2. The van der Waals surface area contributed by atoms with Gasteiger partial charge in [-0.3, -0.25) is 0 Å². The van der Waals surface area contributed by atoms with Crippen LogP contribution in [-0.4, -0.2) is 59.7 Å². The third-order valence-corrected chi connectivity index (χ3v) is 3.51. The second kappa shape index (κ2) is 6.43. The van der Waals surface area contributed by atoms with Gasteiger partial charge in [0.05, 0.1) is 6.04 Å². The van der Waals surface area contributed by atoms with E-state index in [1.54, 1.807) is 0 Å². The Hall–Kier alpha value is -2.31. The highest BCUT2D eigenvalue weighted by Crippen LogP contribution is 2.30. The second-order valence-corrected chi connectivity index (χ2v) is 4.84. The molecule has 2 bridgehead atoms. The Bertz CT molecular complexity index is 476. The summed E-state index contributed by atoms with van der Waals surface area (Å²) in [5.41, 5.74) is 0. The number of ether oxygens (including phenoxy) is 2. The first-order valence-electron chi connectivity index (χ1n) is 6.75. The van der Waals surface area contributed by atoms with E-state index in [0.717, 1.165) is 4.90 Å². The number of imide groups is 1. The minimum absolute atomic E-state index is 0.0418. The SMILES string of the molecule is C=CCOC(=O)C1CCC2CN1C(=O)N2C(=O)OCC=C. The molecule has 0 saturated carbocycles. The van der Waals surface area contributed by atoms with E-state index in [4.69, 9.17) is 9.47 Å². The summed E-state index contributed by atoms with van der Waals surface area (Å²) in [6, 6.07) is -1.41. The third-order valence-electron chi connectivity index (χ3n) is 3.51. The molecule has 2 fully saturated rings. The first-order valence-corrected chi connectivity index (χ1v) is 6.75. The summed E-state index contributed by atoms with van der Waals surface area (Å²) < 4.78 is 9.90. The van der Waals surface area contributed by atoms with Gasteiger partial charge in [0.25, 0.3) is 0 Å². The molecule has 0 aromatic rings. The van der Waals surface area contributed by atoms with Crippen LogP contribution in [0.5, 0.6) is 0 Å². The molecule has 0 spiro atoms. The molecule has 7 nitrogen and oxygen atoms in total. The predicted octanol–water partition coefficient (Wildman–Crippen LogP) is 1.31. The highest BCUT2D eigenvalue weighted by Gasteiger charge is 2.50. The number of hydrogen-bond acceptors (Lipinski definition) is 5. The zero-order valence-electron chi connectivity index (χ0n) is 11.7. The molecule has 2 aliphatic heterocycles. The van der Waals surface area contributed by atoms with Gasteiger partial charge in [0, 0.05) is 6.54 Å². The smallest absolute Gasteiger partial charge is 0.418 e. The summed E-state index contributed by atoms with van der Waals surface area (Å²) in [4.78, 5) is 38.5.